The molecule has 40 heavy (non-hydrogen) atoms. The fourth-order valence-electron chi connectivity index (χ4n) is 5.68. The van der Waals surface area contributed by atoms with Crippen LogP contribution in [0.5, 0.6) is 0 Å². The molecular weight excluding hydrogens is 510 g/mol. The second kappa shape index (κ2) is 11.3. The van der Waals surface area contributed by atoms with Crippen molar-refractivity contribution < 1.29 is 19.4 Å². The monoisotopic (exact) mass is 549 g/mol. The highest BCUT2D eigenvalue weighted by Crippen LogP contribution is 2.35. The molecule has 5 rings (SSSR count). The number of benzene rings is 1. The van der Waals surface area contributed by atoms with E-state index in [0.717, 1.165) is 49.9 Å². The number of imidazole rings is 1. The Balaban J connectivity index is 1.37. The van der Waals surface area contributed by atoms with Crippen molar-refractivity contribution in [1.29, 1.82) is 0 Å². The van der Waals surface area contributed by atoms with Crippen molar-refractivity contribution in [2.24, 2.45) is 0 Å². The van der Waals surface area contributed by atoms with E-state index in [2.05, 4.69) is 20.1 Å². The minimum Gasteiger partial charge on any atom is -0.478 e. The topological polar surface area (TPSA) is 134 Å². The first-order chi connectivity index (χ1) is 19.1. The van der Waals surface area contributed by atoms with E-state index >= 15 is 0 Å². The Morgan fingerprint density at radius 2 is 1.70 bits per heavy atom. The Bertz CT molecular complexity index is 1350. The van der Waals surface area contributed by atoms with Gasteiger partial charge in [-0.2, -0.15) is 9.97 Å². The highest BCUT2D eigenvalue weighted by molar-refractivity contribution is 5.89. The van der Waals surface area contributed by atoms with E-state index in [-0.39, 0.29) is 23.7 Å². The van der Waals surface area contributed by atoms with Gasteiger partial charge in [-0.25, -0.2) is 14.6 Å². The Morgan fingerprint density at radius 1 is 1.02 bits per heavy atom. The van der Waals surface area contributed by atoms with Crippen molar-refractivity contribution in [3.05, 3.63) is 36.2 Å². The van der Waals surface area contributed by atoms with Crippen molar-refractivity contribution in [2.45, 2.75) is 95.9 Å². The highest BCUT2D eigenvalue weighted by Gasteiger charge is 2.29. The number of carbonyl (C=O) groups excluding carboxylic acids is 1. The molecule has 0 atom stereocenters. The zero-order chi connectivity index (χ0) is 28.4. The second-order valence-electron chi connectivity index (χ2n) is 11.9. The minimum atomic E-state index is -0.966. The van der Waals surface area contributed by atoms with Gasteiger partial charge < -0.3 is 29.9 Å². The van der Waals surface area contributed by atoms with E-state index in [1.54, 1.807) is 24.3 Å². The lowest BCUT2D eigenvalue weighted by atomic mass is 9.90. The number of ether oxygens (including phenoxy) is 1. The van der Waals surface area contributed by atoms with E-state index in [1.807, 2.05) is 34.1 Å². The maximum absolute atomic E-state index is 12.2. The van der Waals surface area contributed by atoms with Crippen LogP contribution in [0.2, 0.25) is 0 Å². The van der Waals surface area contributed by atoms with Crippen LogP contribution < -0.4 is 15.5 Å². The predicted octanol–water partition coefficient (Wildman–Crippen LogP) is 5.66. The molecule has 214 valence electrons. The van der Waals surface area contributed by atoms with Crippen molar-refractivity contribution in [3.63, 3.8) is 0 Å². The zero-order valence-electron chi connectivity index (χ0n) is 23.7. The van der Waals surface area contributed by atoms with Crippen LogP contribution in [0.4, 0.5) is 22.2 Å². The van der Waals surface area contributed by atoms with Gasteiger partial charge in [-0.1, -0.05) is 12.8 Å². The van der Waals surface area contributed by atoms with Gasteiger partial charge in [0.2, 0.25) is 5.95 Å². The lowest BCUT2D eigenvalue weighted by Crippen LogP contribution is -2.44. The molecule has 1 amide bonds. The second-order valence-corrected chi connectivity index (χ2v) is 11.9. The summed E-state index contributed by atoms with van der Waals surface area (Å²) in [5, 5.41) is 15.6. The van der Waals surface area contributed by atoms with Crippen LogP contribution >= 0.6 is 0 Å². The van der Waals surface area contributed by atoms with Gasteiger partial charge in [0, 0.05) is 30.9 Å². The summed E-state index contributed by atoms with van der Waals surface area (Å²) < 4.78 is 7.61. The molecule has 0 aliphatic heterocycles. The largest absolute Gasteiger partial charge is 0.478 e. The van der Waals surface area contributed by atoms with Crippen molar-refractivity contribution in [1.82, 2.24) is 24.8 Å². The molecule has 2 heterocycles. The molecule has 2 aliphatic carbocycles. The average Bonchev–Trinajstić information content (AvgIpc) is 3.58. The molecule has 0 radical (unpaired) electrons. The van der Waals surface area contributed by atoms with E-state index < -0.39 is 11.6 Å². The van der Waals surface area contributed by atoms with Gasteiger partial charge in [-0.3, -0.25) is 0 Å². The number of fused-ring (bicyclic) bond motifs is 1. The molecule has 2 aliphatic rings. The molecule has 11 heteroatoms. The molecule has 0 unspecified atom stereocenters. The summed E-state index contributed by atoms with van der Waals surface area (Å²) in [5.41, 5.74) is 1.92. The summed E-state index contributed by atoms with van der Waals surface area (Å²) in [6, 6.07) is 7.27. The third-order valence-corrected chi connectivity index (χ3v) is 7.80. The highest BCUT2D eigenvalue weighted by atomic mass is 16.6. The summed E-state index contributed by atoms with van der Waals surface area (Å²) >= 11 is 0. The Hall–Kier alpha value is -3.89. The van der Waals surface area contributed by atoms with Gasteiger partial charge in [-0.15, -0.1) is 0 Å². The van der Waals surface area contributed by atoms with Crippen LogP contribution in [-0.4, -0.2) is 61.4 Å². The summed E-state index contributed by atoms with van der Waals surface area (Å²) in [4.78, 5) is 40.3. The summed E-state index contributed by atoms with van der Waals surface area (Å²) in [7, 11) is 2.02. The first-order valence-corrected chi connectivity index (χ1v) is 14.1. The van der Waals surface area contributed by atoms with E-state index in [4.69, 9.17) is 19.7 Å². The Morgan fingerprint density at radius 3 is 2.33 bits per heavy atom. The number of nitrogens with one attached hydrogen (secondary N) is 2. The normalized spacial score (nSPS) is 19.9. The Labute approximate surface area is 234 Å². The van der Waals surface area contributed by atoms with E-state index in [9.17, 15) is 14.7 Å². The van der Waals surface area contributed by atoms with Gasteiger partial charge in [0.1, 0.15) is 5.60 Å². The molecule has 3 N–H and O–H groups in total. The molecule has 2 fully saturated rings. The fourth-order valence-corrected chi connectivity index (χ4v) is 5.68. The maximum Gasteiger partial charge on any atom is 0.407 e. The van der Waals surface area contributed by atoms with E-state index in [0.29, 0.717) is 23.3 Å². The van der Waals surface area contributed by atoms with Crippen molar-refractivity contribution in [3.8, 4) is 0 Å². The molecule has 0 saturated heterocycles. The first kappa shape index (κ1) is 27.7. The number of amides is 1. The molecule has 1 aromatic carbocycles. The van der Waals surface area contributed by atoms with Crippen LogP contribution in [0.25, 0.3) is 11.2 Å². The lowest BCUT2D eigenvalue weighted by Gasteiger charge is -2.35. The summed E-state index contributed by atoms with van der Waals surface area (Å²) in [6.45, 7) is 5.59. The number of hydrogen-bond donors (Lipinski definition) is 3. The van der Waals surface area contributed by atoms with Gasteiger partial charge in [-0.05, 0) is 83.6 Å². The third kappa shape index (κ3) is 6.29. The number of aromatic nitrogens is 4. The molecule has 0 bridgehead atoms. The molecule has 0 spiro atoms. The van der Waals surface area contributed by atoms with Crippen LogP contribution in [0.3, 0.4) is 0 Å². The number of aromatic carboxylic acids is 1. The molecule has 2 saturated carbocycles. The molecule has 3 aromatic rings. The average molecular weight is 550 g/mol. The van der Waals surface area contributed by atoms with Gasteiger partial charge in [0.05, 0.1) is 11.9 Å². The number of alkyl carbamates (subject to hydrolysis) is 1. The third-order valence-electron chi connectivity index (χ3n) is 7.80. The smallest absolute Gasteiger partial charge is 0.407 e. The van der Waals surface area contributed by atoms with Crippen LogP contribution in [-0.2, 0) is 4.74 Å². The van der Waals surface area contributed by atoms with E-state index in [1.165, 1.54) is 12.8 Å². The number of hydrogen-bond acceptors (Lipinski definition) is 8. The number of carbonyl (C=O) groups is 2. The first-order valence-electron chi connectivity index (χ1n) is 14.1. The molecule has 2 aromatic heterocycles. The number of rotatable bonds is 7. The van der Waals surface area contributed by atoms with Crippen LogP contribution in [0.1, 0.15) is 88.5 Å². The number of carboxylic acids is 1. The predicted molar refractivity (Wildman–Crippen MR) is 153 cm³/mol. The zero-order valence-corrected chi connectivity index (χ0v) is 23.7. The van der Waals surface area contributed by atoms with Crippen molar-refractivity contribution in [2.75, 3.05) is 17.3 Å². The number of anilines is 3. The van der Waals surface area contributed by atoms with Crippen molar-refractivity contribution >= 4 is 40.7 Å². The summed E-state index contributed by atoms with van der Waals surface area (Å²) in [6.07, 6.45) is 9.57. The molecule has 11 nitrogen and oxygen atoms in total. The van der Waals surface area contributed by atoms with Crippen LogP contribution in [0, 0.1) is 0 Å². The van der Waals surface area contributed by atoms with Gasteiger partial charge >= 0.3 is 12.1 Å². The lowest BCUT2D eigenvalue weighted by molar-refractivity contribution is 0.0490. The number of nitrogens with zero attached hydrogens (tertiary/aromatic N) is 5. The van der Waals surface area contributed by atoms with Gasteiger partial charge in [0.25, 0.3) is 0 Å². The van der Waals surface area contributed by atoms with Gasteiger partial charge in [0.15, 0.2) is 17.0 Å². The maximum atomic E-state index is 12.2. The number of carboxylic acid groups (broad SMARTS) is 1. The van der Waals surface area contributed by atoms with Crippen LogP contribution in [0.15, 0.2) is 30.6 Å². The quantitative estimate of drug-likeness (QED) is 0.341. The standard InChI is InChI=1S/C29H39N7O4/c1-29(2,3)40-28(39)32-20-13-15-21(16-14-20)35(4)27-33-24(31-19-11-9-18(10-12-19)26(37)38)23-25(34-27)36(17-30-23)22-7-5-6-8-22/h9-12,17,20-22H,5-8,13-16H2,1-4H3,(H,32,39)(H,37,38)(H,31,33,34)/t20-,21-. The fraction of sp³-hybridized carbons (Fsp3) is 0.552. The molecular formula is C29H39N7O4. The summed E-state index contributed by atoms with van der Waals surface area (Å²) in [5.74, 6) is 0.235. The Kier molecular flexibility index (Phi) is 7.82. The minimum absolute atomic E-state index is 0.0812. The SMILES string of the molecule is CN(c1nc(Nc2ccc(C(=O)O)cc2)c2ncn(C3CCCC3)c2n1)[C@H]1CC[C@H](NC(=O)OC(C)(C)C)CC1.